The van der Waals surface area contributed by atoms with Crippen LogP contribution in [0.2, 0.25) is 0 Å². The number of aromatic nitrogens is 4. The highest BCUT2D eigenvalue weighted by Gasteiger charge is 2.27. The summed E-state index contributed by atoms with van der Waals surface area (Å²) >= 11 is 0. The van der Waals surface area contributed by atoms with E-state index in [0.29, 0.717) is 11.5 Å². The molecular weight excluding hydrogens is 366 g/mol. The Kier molecular flexibility index (Phi) is 4.80. The van der Waals surface area contributed by atoms with Crippen LogP contribution in [0.3, 0.4) is 0 Å². The molecule has 0 saturated carbocycles. The molecule has 1 saturated heterocycles. The average molecular weight is 389 g/mol. The largest absolute Gasteiger partial charge is 0.370 e. The molecule has 8 nitrogen and oxygen atoms in total. The van der Waals surface area contributed by atoms with Crippen molar-refractivity contribution in [2.75, 3.05) is 23.7 Å². The van der Waals surface area contributed by atoms with Gasteiger partial charge in [0.25, 0.3) is 0 Å². The molecule has 3 aromatic rings. The quantitative estimate of drug-likeness (QED) is 0.735. The number of anilines is 2. The Hall–Kier alpha value is -3.60. The van der Waals surface area contributed by atoms with E-state index in [2.05, 4.69) is 21.2 Å². The van der Waals surface area contributed by atoms with Gasteiger partial charge in [0.15, 0.2) is 0 Å². The number of nitriles is 1. The summed E-state index contributed by atoms with van der Waals surface area (Å²) in [5.41, 5.74) is 9.21. The van der Waals surface area contributed by atoms with Crippen LogP contribution < -0.4 is 16.2 Å². The number of rotatable bonds is 3. The summed E-state index contributed by atoms with van der Waals surface area (Å²) in [5.74, 6) is 1.62. The second-order valence-electron chi connectivity index (χ2n) is 7.42. The van der Waals surface area contributed by atoms with Crippen molar-refractivity contribution >= 4 is 11.6 Å². The van der Waals surface area contributed by atoms with E-state index in [-0.39, 0.29) is 11.5 Å². The summed E-state index contributed by atoms with van der Waals surface area (Å²) in [6.45, 7) is 1.60. The third-order valence-corrected chi connectivity index (χ3v) is 5.67. The standard InChI is InChI=1S/C21H23N7O/c1-26-13-16(6-7-18(26)29)17-5-3-4-15(12-22)19(17)28-10-8-14(9-11-28)20-24-25-21(23)27(20)2/h3-7,13-14H,8-11H2,1-2H3,(H2,23,25). The first kappa shape index (κ1) is 18.7. The lowest BCUT2D eigenvalue weighted by Crippen LogP contribution is -2.34. The Morgan fingerprint density at radius 3 is 2.52 bits per heavy atom. The van der Waals surface area contributed by atoms with E-state index in [1.165, 1.54) is 0 Å². The second kappa shape index (κ2) is 7.43. The third kappa shape index (κ3) is 3.36. The van der Waals surface area contributed by atoms with E-state index in [1.807, 2.05) is 42.1 Å². The molecule has 29 heavy (non-hydrogen) atoms. The topological polar surface area (TPSA) is 106 Å². The predicted octanol–water partition coefficient (Wildman–Crippen LogP) is 2.02. The maximum Gasteiger partial charge on any atom is 0.250 e. The van der Waals surface area contributed by atoms with Crippen LogP contribution in [0.4, 0.5) is 11.6 Å². The van der Waals surface area contributed by atoms with E-state index in [4.69, 9.17) is 5.73 Å². The summed E-state index contributed by atoms with van der Waals surface area (Å²) in [5, 5.41) is 17.9. The van der Waals surface area contributed by atoms with Crippen molar-refractivity contribution in [1.82, 2.24) is 19.3 Å². The zero-order valence-electron chi connectivity index (χ0n) is 16.5. The van der Waals surface area contributed by atoms with Crippen LogP contribution in [0.25, 0.3) is 11.1 Å². The second-order valence-corrected chi connectivity index (χ2v) is 7.42. The molecule has 8 heteroatoms. The van der Waals surface area contributed by atoms with Gasteiger partial charge in [0.05, 0.1) is 11.3 Å². The first-order valence-corrected chi connectivity index (χ1v) is 9.59. The van der Waals surface area contributed by atoms with Crippen LogP contribution in [0, 0.1) is 11.3 Å². The van der Waals surface area contributed by atoms with Crippen molar-refractivity contribution in [3.8, 4) is 17.2 Å². The number of piperidine rings is 1. The Labute approximate surface area is 168 Å². The molecule has 0 radical (unpaired) electrons. The van der Waals surface area contributed by atoms with Gasteiger partial charge in [0, 0.05) is 56.5 Å². The maximum absolute atomic E-state index is 11.8. The molecule has 0 unspecified atom stereocenters. The Bertz CT molecular complexity index is 1150. The molecule has 1 fully saturated rings. The molecule has 0 bridgehead atoms. The number of para-hydroxylation sites is 1. The molecule has 2 aromatic heterocycles. The Morgan fingerprint density at radius 1 is 1.14 bits per heavy atom. The summed E-state index contributed by atoms with van der Waals surface area (Å²) in [7, 11) is 3.62. The molecule has 4 rings (SSSR count). The SMILES string of the molecule is Cn1c(N)nnc1C1CCN(c2c(C#N)cccc2-c2ccc(=O)n(C)c2)CC1. The smallest absolute Gasteiger partial charge is 0.250 e. The number of nitrogen functional groups attached to an aromatic ring is 1. The summed E-state index contributed by atoms with van der Waals surface area (Å²) in [4.78, 5) is 14.0. The van der Waals surface area contributed by atoms with Gasteiger partial charge in [0.2, 0.25) is 11.5 Å². The van der Waals surface area contributed by atoms with Gasteiger partial charge in [-0.25, -0.2) is 0 Å². The van der Waals surface area contributed by atoms with Gasteiger partial charge >= 0.3 is 0 Å². The molecule has 1 aromatic carbocycles. The number of nitrogens with zero attached hydrogens (tertiary/aromatic N) is 6. The van der Waals surface area contributed by atoms with Crippen LogP contribution in [-0.2, 0) is 14.1 Å². The molecule has 0 spiro atoms. The lowest BCUT2D eigenvalue weighted by molar-refractivity contribution is 0.475. The van der Waals surface area contributed by atoms with Gasteiger partial charge in [-0.2, -0.15) is 5.26 Å². The molecule has 2 N–H and O–H groups in total. The van der Waals surface area contributed by atoms with Crippen molar-refractivity contribution < 1.29 is 0 Å². The highest BCUT2D eigenvalue weighted by molar-refractivity contribution is 5.82. The first-order chi connectivity index (χ1) is 14.0. The third-order valence-electron chi connectivity index (χ3n) is 5.67. The number of nitrogens with two attached hydrogens (primary N) is 1. The molecule has 0 aliphatic carbocycles. The molecule has 0 atom stereocenters. The Balaban J connectivity index is 1.67. The fourth-order valence-corrected chi connectivity index (χ4v) is 4.03. The van der Waals surface area contributed by atoms with Gasteiger partial charge in [-0.3, -0.25) is 4.79 Å². The van der Waals surface area contributed by atoms with Gasteiger partial charge < -0.3 is 19.8 Å². The highest BCUT2D eigenvalue weighted by Crippen LogP contribution is 2.37. The Morgan fingerprint density at radius 2 is 1.90 bits per heavy atom. The molecule has 1 aliphatic rings. The molecule has 1 aliphatic heterocycles. The predicted molar refractivity (Wildman–Crippen MR) is 111 cm³/mol. The highest BCUT2D eigenvalue weighted by atomic mass is 16.1. The van der Waals surface area contributed by atoms with Crippen LogP contribution in [-0.4, -0.2) is 32.4 Å². The van der Waals surface area contributed by atoms with E-state index in [9.17, 15) is 10.1 Å². The van der Waals surface area contributed by atoms with E-state index < -0.39 is 0 Å². The van der Waals surface area contributed by atoms with E-state index in [0.717, 1.165) is 48.6 Å². The summed E-state index contributed by atoms with van der Waals surface area (Å²) in [6.07, 6.45) is 3.62. The normalized spacial score (nSPS) is 14.7. The number of hydrogen-bond acceptors (Lipinski definition) is 6. The minimum atomic E-state index is -0.0597. The minimum Gasteiger partial charge on any atom is -0.370 e. The van der Waals surface area contributed by atoms with Gasteiger partial charge in [-0.15, -0.1) is 10.2 Å². The van der Waals surface area contributed by atoms with E-state index >= 15 is 0 Å². The van der Waals surface area contributed by atoms with Crippen molar-refractivity contribution in [2.45, 2.75) is 18.8 Å². The summed E-state index contributed by atoms with van der Waals surface area (Å²) in [6, 6.07) is 11.4. The average Bonchev–Trinajstić information content (AvgIpc) is 3.08. The number of hydrogen-bond donors (Lipinski definition) is 1. The van der Waals surface area contributed by atoms with Crippen LogP contribution in [0.15, 0.2) is 41.3 Å². The van der Waals surface area contributed by atoms with Gasteiger partial charge in [-0.05, 0) is 25.0 Å². The van der Waals surface area contributed by atoms with Crippen molar-refractivity contribution in [3.63, 3.8) is 0 Å². The van der Waals surface area contributed by atoms with Crippen LogP contribution in [0.5, 0.6) is 0 Å². The van der Waals surface area contributed by atoms with Crippen molar-refractivity contribution in [3.05, 3.63) is 58.3 Å². The lowest BCUT2D eigenvalue weighted by atomic mass is 9.93. The van der Waals surface area contributed by atoms with Crippen molar-refractivity contribution in [2.24, 2.45) is 14.1 Å². The fourth-order valence-electron chi connectivity index (χ4n) is 4.03. The first-order valence-electron chi connectivity index (χ1n) is 9.59. The summed E-state index contributed by atoms with van der Waals surface area (Å²) < 4.78 is 3.41. The molecule has 0 amide bonds. The zero-order chi connectivity index (χ0) is 20.5. The van der Waals surface area contributed by atoms with Gasteiger partial charge in [0.1, 0.15) is 11.9 Å². The number of benzene rings is 1. The molecular formula is C21H23N7O. The number of pyridine rings is 1. The van der Waals surface area contributed by atoms with Crippen LogP contribution in [0.1, 0.15) is 30.1 Å². The van der Waals surface area contributed by atoms with Crippen molar-refractivity contribution in [1.29, 1.82) is 5.26 Å². The van der Waals surface area contributed by atoms with E-state index in [1.54, 1.807) is 17.7 Å². The maximum atomic E-state index is 11.8. The lowest BCUT2D eigenvalue weighted by Gasteiger charge is -2.35. The fraction of sp³-hybridized carbons (Fsp3) is 0.333. The zero-order valence-corrected chi connectivity index (χ0v) is 16.5. The van der Waals surface area contributed by atoms with Gasteiger partial charge in [-0.1, -0.05) is 12.1 Å². The minimum absolute atomic E-state index is 0.0597. The number of aryl methyl sites for hydroxylation is 1. The monoisotopic (exact) mass is 389 g/mol. The van der Waals surface area contributed by atoms with Crippen LogP contribution >= 0.6 is 0 Å². The molecule has 3 heterocycles. The molecule has 148 valence electrons.